The Kier molecular flexibility index (Phi) is 7.50. The molecule has 0 radical (unpaired) electrons. The first-order chi connectivity index (χ1) is 18.1. The van der Waals surface area contributed by atoms with Crippen LogP contribution < -0.4 is 4.90 Å². The number of thiazole rings is 1. The fourth-order valence-corrected chi connectivity index (χ4v) is 7.22. The molecule has 1 fully saturated rings. The van der Waals surface area contributed by atoms with Crippen LogP contribution >= 0.6 is 22.9 Å². The SMILES string of the molecule is Cc1c(Cl)ccc2sc(N(Cc3ccccc3)C(=O)C3CCN(S(=O)(=O)c4ccc(F)c(F)c4)CC3)nc12. The van der Waals surface area contributed by atoms with Gasteiger partial charge in [0.25, 0.3) is 0 Å². The number of hydrogen-bond donors (Lipinski definition) is 0. The number of aromatic nitrogens is 1. The second-order valence-electron chi connectivity index (χ2n) is 9.18. The summed E-state index contributed by atoms with van der Waals surface area (Å²) in [5.74, 6) is -2.90. The third kappa shape index (κ3) is 5.18. The van der Waals surface area contributed by atoms with E-state index >= 15 is 0 Å². The van der Waals surface area contributed by atoms with Crippen molar-refractivity contribution in [3.8, 4) is 0 Å². The zero-order valence-corrected chi connectivity index (χ0v) is 22.8. The van der Waals surface area contributed by atoms with Crippen molar-refractivity contribution in [3.63, 3.8) is 0 Å². The van der Waals surface area contributed by atoms with Crippen molar-refractivity contribution in [3.05, 3.63) is 88.4 Å². The third-order valence-electron chi connectivity index (χ3n) is 6.75. The maximum Gasteiger partial charge on any atom is 0.243 e. The first-order valence-corrected chi connectivity index (χ1v) is 14.6. The smallest absolute Gasteiger partial charge is 0.243 e. The number of amides is 1. The molecule has 2 heterocycles. The lowest BCUT2D eigenvalue weighted by molar-refractivity contribution is -0.123. The summed E-state index contributed by atoms with van der Waals surface area (Å²) in [7, 11) is -4.02. The minimum absolute atomic E-state index is 0.0888. The van der Waals surface area contributed by atoms with Gasteiger partial charge < -0.3 is 0 Å². The van der Waals surface area contributed by atoms with Gasteiger partial charge in [-0.1, -0.05) is 53.3 Å². The molecule has 0 N–H and O–H groups in total. The number of piperidine rings is 1. The molecule has 0 aliphatic carbocycles. The Morgan fingerprint density at radius 1 is 1.08 bits per heavy atom. The van der Waals surface area contributed by atoms with Crippen molar-refractivity contribution in [2.24, 2.45) is 5.92 Å². The van der Waals surface area contributed by atoms with Gasteiger partial charge in [0.2, 0.25) is 15.9 Å². The fourth-order valence-electron chi connectivity index (χ4n) is 4.56. The summed E-state index contributed by atoms with van der Waals surface area (Å²) in [5, 5.41) is 1.15. The molecular weight excluding hydrogens is 552 g/mol. The number of fused-ring (bicyclic) bond motifs is 1. The Bertz CT molecular complexity index is 1600. The van der Waals surface area contributed by atoms with Gasteiger partial charge in [0.05, 0.1) is 21.7 Å². The molecule has 11 heteroatoms. The molecule has 0 saturated carbocycles. The molecule has 198 valence electrons. The van der Waals surface area contributed by atoms with Crippen LogP contribution in [0.15, 0.2) is 65.6 Å². The quantitative estimate of drug-likeness (QED) is 0.276. The lowest BCUT2D eigenvalue weighted by Crippen LogP contribution is -2.44. The zero-order chi connectivity index (χ0) is 27.0. The number of halogens is 3. The number of hydrogen-bond acceptors (Lipinski definition) is 5. The summed E-state index contributed by atoms with van der Waals surface area (Å²) in [6.07, 6.45) is 0.589. The van der Waals surface area contributed by atoms with E-state index in [0.29, 0.717) is 35.6 Å². The minimum atomic E-state index is -4.02. The molecule has 0 spiro atoms. The number of anilines is 1. The van der Waals surface area contributed by atoms with Crippen molar-refractivity contribution < 1.29 is 22.0 Å². The molecule has 5 rings (SSSR count). The second-order valence-corrected chi connectivity index (χ2v) is 12.5. The standard InChI is InChI=1S/C27H24ClF2N3O3S2/c1-17-21(28)8-10-24-25(17)31-27(37-24)33(16-18-5-3-2-4-6-18)26(34)19-11-13-32(14-12-19)38(35,36)20-7-9-22(29)23(30)15-20/h2-10,15,19H,11-14,16H2,1H3. The van der Waals surface area contributed by atoms with Crippen molar-refractivity contribution in [2.75, 3.05) is 18.0 Å². The summed E-state index contributed by atoms with van der Waals surface area (Å²) in [6.45, 7) is 2.39. The summed E-state index contributed by atoms with van der Waals surface area (Å²) >= 11 is 7.70. The molecule has 1 amide bonds. The largest absolute Gasteiger partial charge is 0.283 e. The summed E-state index contributed by atoms with van der Waals surface area (Å²) in [5.41, 5.74) is 2.53. The van der Waals surface area contributed by atoms with Gasteiger partial charge in [-0.15, -0.1) is 0 Å². The van der Waals surface area contributed by atoms with E-state index in [1.165, 1.54) is 15.6 Å². The Morgan fingerprint density at radius 3 is 2.47 bits per heavy atom. The fraction of sp³-hybridized carbons (Fsp3) is 0.259. The highest BCUT2D eigenvalue weighted by atomic mass is 35.5. The van der Waals surface area contributed by atoms with Crippen molar-refractivity contribution in [1.29, 1.82) is 0 Å². The van der Waals surface area contributed by atoms with Crippen LogP contribution in [-0.4, -0.2) is 36.7 Å². The van der Waals surface area contributed by atoms with Gasteiger partial charge >= 0.3 is 0 Å². The van der Waals surface area contributed by atoms with Crippen molar-refractivity contribution in [2.45, 2.75) is 31.2 Å². The van der Waals surface area contributed by atoms with E-state index in [0.717, 1.165) is 33.5 Å². The predicted molar refractivity (Wildman–Crippen MR) is 145 cm³/mol. The molecule has 0 unspecified atom stereocenters. The molecule has 38 heavy (non-hydrogen) atoms. The van der Waals surface area contributed by atoms with Crippen LogP contribution in [0.5, 0.6) is 0 Å². The van der Waals surface area contributed by atoms with E-state index in [1.807, 2.05) is 49.4 Å². The maximum atomic E-state index is 13.8. The average molecular weight is 576 g/mol. The first-order valence-electron chi connectivity index (χ1n) is 12.0. The Morgan fingerprint density at radius 2 is 1.79 bits per heavy atom. The van der Waals surface area contributed by atoms with E-state index in [9.17, 15) is 22.0 Å². The van der Waals surface area contributed by atoms with Gasteiger partial charge in [-0.05, 0) is 61.2 Å². The molecule has 0 bridgehead atoms. The number of carbonyl (C=O) groups is 1. The normalized spacial score (nSPS) is 15.2. The van der Waals surface area contributed by atoms with Gasteiger partial charge in [-0.2, -0.15) is 4.31 Å². The van der Waals surface area contributed by atoms with Crippen LogP contribution in [-0.2, 0) is 21.4 Å². The molecule has 1 saturated heterocycles. The number of rotatable bonds is 6. The van der Waals surface area contributed by atoms with Crippen molar-refractivity contribution in [1.82, 2.24) is 9.29 Å². The first kappa shape index (κ1) is 26.7. The lowest BCUT2D eigenvalue weighted by atomic mass is 9.96. The predicted octanol–water partition coefficient (Wildman–Crippen LogP) is 6.17. The summed E-state index contributed by atoms with van der Waals surface area (Å²) < 4.78 is 55.1. The van der Waals surface area contributed by atoms with E-state index in [1.54, 1.807) is 4.90 Å². The molecule has 1 aromatic heterocycles. The van der Waals surface area contributed by atoms with Crippen LogP contribution in [0.3, 0.4) is 0 Å². The van der Waals surface area contributed by atoms with Gasteiger partial charge in [0.1, 0.15) is 0 Å². The van der Waals surface area contributed by atoms with Crippen LogP contribution in [0.4, 0.5) is 13.9 Å². The highest BCUT2D eigenvalue weighted by Gasteiger charge is 2.35. The molecule has 3 aromatic carbocycles. The van der Waals surface area contributed by atoms with Gasteiger partial charge in [-0.3, -0.25) is 9.69 Å². The van der Waals surface area contributed by atoms with Gasteiger partial charge in [-0.25, -0.2) is 22.2 Å². The lowest BCUT2D eigenvalue weighted by Gasteiger charge is -2.33. The molecular formula is C27H24ClF2N3O3S2. The minimum Gasteiger partial charge on any atom is -0.283 e. The van der Waals surface area contributed by atoms with Crippen LogP contribution in [0, 0.1) is 24.5 Å². The van der Waals surface area contributed by atoms with Crippen LogP contribution in [0.2, 0.25) is 5.02 Å². The maximum absolute atomic E-state index is 13.8. The Hall–Kier alpha value is -2.92. The number of sulfonamides is 1. The van der Waals surface area contributed by atoms with E-state index in [-0.39, 0.29) is 23.9 Å². The summed E-state index contributed by atoms with van der Waals surface area (Å²) in [4.78, 5) is 20.0. The summed E-state index contributed by atoms with van der Waals surface area (Å²) in [6, 6.07) is 15.8. The molecule has 1 aliphatic rings. The Balaban J connectivity index is 1.39. The number of benzene rings is 3. The Labute approximate surface area is 228 Å². The van der Waals surface area contributed by atoms with Crippen LogP contribution in [0.1, 0.15) is 24.0 Å². The molecule has 1 aliphatic heterocycles. The van der Waals surface area contributed by atoms with Gasteiger partial charge in [0.15, 0.2) is 16.8 Å². The average Bonchev–Trinajstić information content (AvgIpc) is 3.36. The van der Waals surface area contributed by atoms with E-state index < -0.39 is 27.6 Å². The highest BCUT2D eigenvalue weighted by Crippen LogP contribution is 2.36. The highest BCUT2D eigenvalue weighted by molar-refractivity contribution is 7.89. The van der Waals surface area contributed by atoms with E-state index in [2.05, 4.69) is 0 Å². The topological polar surface area (TPSA) is 70.6 Å². The van der Waals surface area contributed by atoms with Gasteiger partial charge in [0, 0.05) is 24.0 Å². The van der Waals surface area contributed by atoms with Crippen molar-refractivity contribution >= 4 is 54.2 Å². The molecule has 0 atom stereocenters. The van der Waals surface area contributed by atoms with Crippen LogP contribution in [0.25, 0.3) is 10.2 Å². The number of aryl methyl sites for hydroxylation is 1. The number of nitrogens with zero attached hydrogens (tertiary/aromatic N) is 3. The number of carbonyl (C=O) groups excluding carboxylic acids is 1. The second kappa shape index (κ2) is 10.7. The van der Waals surface area contributed by atoms with E-state index in [4.69, 9.17) is 16.6 Å². The third-order valence-corrected chi connectivity index (χ3v) is 10.1. The monoisotopic (exact) mass is 575 g/mol. The molecule has 6 nitrogen and oxygen atoms in total. The molecule has 4 aromatic rings. The zero-order valence-electron chi connectivity index (χ0n) is 20.4.